The lowest BCUT2D eigenvalue weighted by Gasteiger charge is -2.35. The van der Waals surface area contributed by atoms with Gasteiger partial charge < -0.3 is 5.73 Å². The van der Waals surface area contributed by atoms with E-state index in [-0.39, 0.29) is 0 Å². The van der Waals surface area contributed by atoms with Gasteiger partial charge >= 0.3 is 0 Å². The van der Waals surface area contributed by atoms with Crippen molar-refractivity contribution in [3.8, 4) is 0 Å². The van der Waals surface area contributed by atoms with Crippen LogP contribution in [0.25, 0.3) is 0 Å². The summed E-state index contributed by atoms with van der Waals surface area (Å²) >= 11 is 2.04. The van der Waals surface area contributed by atoms with Crippen LogP contribution in [0.1, 0.15) is 32.1 Å². The molecule has 1 heterocycles. The maximum atomic E-state index is 6.01. The van der Waals surface area contributed by atoms with Crippen molar-refractivity contribution in [2.45, 2.75) is 49.4 Å². The molecule has 1 aliphatic heterocycles. The minimum atomic E-state index is 0.442. The third kappa shape index (κ3) is 2.44. The van der Waals surface area contributed by atoms with Crippen molar-refractivity contribution in [1.82, 2.24) is 4.90 Å². The van der Waals surface area contributed by atoms with E-state index in [1.807, 2.05) is 11.8 Å². The van der Waals surface area contributed by atoms with Crippen molar-refractivity contribution in [2.75, 3.05) is 19.3 Å². The van der Waals surface area contributed by atoms with Gasteiger partial charge in [0.2, 0.25) is 0 Å². The summed E-state index contributed by atoms with van der Waals surface area (Å²) in [6, 6.07) is 1.29. The van der Waals surface area contributed by atoms with Gasteiger partial charge in [0.25, 0.3) is 0 Å². The van der Waals surface area contributed by atoms with Crippen molar-refractivity contribution in [3.05, 3.63) is 0 Å². The van der Waals surface area contributed by atoms with Crippen LogP contribution in [-0.4, -0.2) is 41.6 Å². The summed E-state index contributed by atoms with van der Waals surface area (Å²) in [5, 5.41) is 0.915. The summed E-state index contributed by atoms with van der Waals surface area (Å²) in [6.45, 7) is 2.44. The molecule has 0 amide bonds. The maximum absolute atomic E-state index is 6.01. The second-order valence-corrected chi connectivity index (χ2v) is 5.86. The molecule has 2 nitrogen and oxygen atoms in total. The molecule has 3 unspecified atom stereocenters. The van der Waals surface area contributed by atoms with E-state index in [2.05, 4.69) is 11.2 Å². The first-order valence-electron chi connectivity index (χ1n) is 5.82. The van der Waals surface area contributed by atoms with Gasteiger partial charge in [-0.1, -0.05) is 0 Å². The van der Waals surface area contributed by atoms with E-state index in [0.717, 1.165) is 17.8 Å². The zero-order valence-corrected chi connectivity index (χ0v) is 9.93. The third-order valence-corrected chi connectivity index (χ3v) is 4.79. The van der Waals surface area contributed by atoms with Gasteiger partial charge in [-0.2, -0.15) is 11.8 Å². The Hall–Kier alpha value is 0.270. The fourth-order valence-corrected chi connectivity index (χ4v) is 3.62. The summed E-state index contributed by atoms with van der Waals surface area (Å²) in [7, 11) is 0. The van der Waals surface area contributed by atoms with E-state index in [1.165, 1.54) is 38.6 Å². The topological polar surface area (TPSA) is 29.3 Å². The minimum Gasteiger partial charge on any atom is -0.327 e. The summed E-state index contributed by atoms with van der Waals surface area (Å²) in [5.74, 6) is 0. The third-order valence-electron chi connectivity index (χ3n) is 3.70. The predicted octanol–water partition coefficient (Wildman–Crippen LogP) is 1.69. The molecule has 0 radical (unpaired) electrons. The van der Waals surface area contributed by atoms with Crippen molar-refractivity contribution in [2.24, 2.45) is 5.73 Å². The molecule has 1 saturated heterocycles. The average Bonchev–Trinajstić information content (AvgIpc) is 2.66. The second kappa shape index (κ2) is 4.86. The van der Waals surface area contributed by atoms with E-state index in [9.17, 15) is 0 Å². The number of nitrogens with zero attached hydrogens (tertiary/aromatic N) is 1. The lowest BCUT2D eigenvalue weighted by atomic mass is 10.0. The van der Waals surface area contributed by atoms with Gasteiger partial charge in [0.05, 0.1) is 0 Å². The van der Waals surface area contributed by atoms with Crippen LogP contribution in [0.5, 0.6) is 0 Å². The largest absolute Gasteiger partial charge is 0.327 e. The number of hydrogen-bond acceptors (Lipinski definition) is 3. The monoisotopic (exact) mass is 214 g/mol. The molecule has 0 bridgehead atoms. The Morgan fingerprint density at radius 3 is 2.79 bits per heavy atom. The highest BCUT2D eigenvalue weighted by atomic mass is 32.2. The molecule has 1 saturated carbocycles. The first-order valence-corrected chi connectivity index (χ1v) is 7.11. The molecule has 2 N–H and O–H groups in total. The predicted molar refractivity (Wildman–Crippen MR) is 63.7 cm³/mol. The highest BCUT2D eigenvalue weighted by molar-refractivity contribution is 7.99. The Kier molecular flexibility index (Phi) is 3.74. The lowest BCUT2D eigenvalue weighted by molar-refractivity contribution is 0.151. The number of nitrogens with two attached hydrogens (primary N) is 1. The Bertz CT molecular complexity index is 186. The molecule has 3 heteroatoms. The molecular formula is C11H22N2S. The van der Waals surface area contributed by atoms with E-state index in [1.54, 1.807) is 0 Å². The van der Waals surface area contributed by atoms with Crippen molar-refractivity contribution in [1.29, 1.82) is 0 Å². The number of likely N-dealkylation sites (tertiary alicyclic amines) is 1. The van der Waals surface area contributed by atoms with E-state index in [4.69, 9.17) is 5.73 Å². The van der Waals surface area contributed by atoms with Crippen molar-refractivity contribution in [3.63, 3.8) is 0 Å². The Morgan fingerprint density at radius 1 is 1.29 bits per heavy atom. The molecule has 2 aliphatic rings. The molecule has 0 aromatic rings. The molecule has 1 aliphatic carbocycles. The second-order valence-electron chi connectivity index (χ2n) is 4.72. The normalized spacial score (nSPS) is 40.3. The highest BCUT2D eigenvalue weighted by Crippen LogP contribution is 2.32. The van der Waals surface area contributed by atoms with Gasteiger partial charge in [-0.25, -0.2) is 0 Å². The Balaban J connectivity index is 1.83. The van der Waals surface area contributed by atoms with Gasteiger partial charge in [0, 0.05) is 23.9 Å². The summed E-state index contributed by atoms with van der Waals surface area (Å²) in [4.78, 5) is 2.64. The SMILES string of the molecule is CSC1CCC(N2CCCC(N)C2)C1. The molecular weight excluding hydrogens is 192 g/mol. The molecule has 3 atom stereocenters. The lowest BCUT2D eigenvalue weighted by Crippen LogP contribution is -2.47. The molecule has 14 heavy (non-hydrogen) atoms. The summed E-state index contributed by atoms with van der Waals surface area (Å²) in [5.41, 5.74) is 6.01. The summed E-state index contributed by atoms with van der Waals surface area (Å²) < 4.78 is 0. The number of piperidine rings is 1. The van der Waals surface area contributed by atoms with Gasteiger partial charge in [-0.3, -0.25) is 4.90 Å². The fourth-order valence-electron chi connectivity index (χ4n) is 2.84. The van der Waals surface area contributed by atoms with Crippen LogP contribution in [0.2, 0.25) is 0 Å². The number of rotatable bonds is 2. The van der Waals surface area contributed by atoms with E-state index in [0.29, 0.717) is 6.04 Å². The summed E-state index contributed by atoms with van der Waals surface area (Å²) in [6.07, 6.45) is 9.00. The molecule has 2 rings (SSSR count). The van der Waals surface area contributed by atoms with Crippen LogP contribution < -0.4 is 5.73 Å². The highest BCUT2D eigenvalue weighted by Gasteiger charge is 2.30. The van der Waals surface area contributed by atoms with Gasteiger partial charge in [-0.05, 0) is 44.9 Å². The van der Waals surface area contributed by atoms with E-state index < -0.39 is 0 Å². The molecule has 0 aromatic carbocycles. The van der Waals surface area contributed by atoms with Crippen LogP contribution >= 0.6 is 11.8 Å². The standard InChI is InChI=1S/C11H22N2S/c1-14-11-5-4-10(7-11)13-6-2-3-9(12)8-13/h9-11H,2-8,12H2,1H3. The molecule has 82 valence electrons. The molecule has 0 aromatic heterocycles. The van der Waals surface area contributed by atoms with Crippen LogP contribution in [0.15, 0.2) is 0 Å². The first kappa shape index (κ1) is 10.8. The Morgan fingerprint density at radius 2 is 2.14 bits per heavy atom. The first-order chi connectivity index (χ1) is 6.79. The zero-order chi connectivity index (χ0) is 9.97. The van der Waals surface area contributed by atoms with Gasteiger partial charge in [-0.15, -0.1) is 0 Å². The Labute approximate surface area is 91.6 Å². The maximum Gasteiger partial charge on any atom is 0.0168 e. The van der Waals surface area contributed by atoms with Gasteiger partial charge in [0.15, 0.2) is 0 Å². The zero-order valence-electron chi connectivity index (χ0n) is 9.11. The fraction of sp³-hybridized carbons (Fsp3) is 1.00. The number of thioether (sulfide) groups is 1. The molecule has 0 spiro atoms. The van der Waals surface area contributed by atoms with E-state index >= 15 is 0 Å². The van der Waals surface area contributed by atoms with Crippen molar-refractivity contribution < 1.29 is 0 Å². The van der Waals surface area contributed by atoms with Crippen LogP contribution in [0, 0.1) is 0 Å². The van der Waals surface area contributed by atoms with Crippen LogP contribution in [0.3, 0.4) is 0 Å². The van der Waals surface area contributed by atoms with Crippen molar-refractivity contribution >= 4 is 11.8 Å². The minimum absolute atomic E-state index is 0.442. The van der Waals surface area contributed by atoms with Gasteiger partial charge in [0.1, 0.15) is 0 Å². The quantitative estimate of drug-likeness (QED) is 0.758. The smallest absolute Gasteiger partial charge is 0.0168 e. The average molecular weight is 214 g/mol. The van der Waals surface area contributed by atoms with Crippen LogP contribution in [-0.2, 0) is 0 Å². The number of hydrogen-bond donors (Lipinski definition) is 1. The molecule has 2 fully saturated rings. The van der Waals surface area contributed by atoms with Crippen LogP contribution in [0.4, 0.5) is 0 Å².